The normalized spacial score (nSPS) is 14.8. The number of carbonyl (C=O) groups is 2. The van der Waals surface area contributed by atoms with E-state index in [0.717, 1.165) is 30.5 Å². The molecule has 5 nitrogen and oxygen atoms in total. The first-order chi connectivity index (χ1) is 14.6. The highest BCUT2D eigenvalue weighted by Crippen LogP contribution is 2.20. The molecule has 3 aromatic rings. The molecule has 5 heteroatoms. The lowest BCUT2D eigenvalue weighted by Gasteiger charge is -2.32. The Morgan fingerprint density at radius 2 is 1.70 bits per heavy atom. The van der Waals surface area contributed by atoms with Crippen molar-refractivity contribution < 1.29 is 9.59 Å². The molecule has 2 amide bonds. The standard InChI is InChI=1S/C25H29N3O2/c1-19-17-21-9-5-6-10-23(21)28(19)18-25(30)27-15-13-22(14-16-27)26-24(29)12-11-20-7-3-2-4-8-20/h2-10,17,22H,11-16,18H2,1H3,(H,26,29). The fourth-order valence-corrected chi connectivity index (χ4v) is 4.27. The second-order valence-corrected chi connectivity index (χ2v) is 8.14. The monoisotopic (exact) mass is 403 g/mol. The molecule has 0 bridgehead atoms. The molecule has 0 aliphatic carbocycles. The number of fused-ring (bicyclic) bond motifs is 1. The van der Waals surface area contributed by atoms with Crippen LogP contribution in [0, 0.1) is 6.92 Å². The van der Waals surface area contributed by atoms with Gasteiger partial charge in [0.15, 0.2) is 0 Å². The van der Waals surface area contributed by atoms with Gasteiger partial charge in [0.1, 0.15) is 6.54 Å². The lowest BCUT2D eigenvalue weighted by atomic mass is 10.0. The molecule has 0 radical (unpaired) electrons. The molecule has 0 saturated carbocycles. The summed E-state index contributed by atoms with van der Waals surface area (Å²) in [5.41, 5.74) is 3.38. The smallest absolute Gasteiger partial charge is 0.242 e. The molecule has 2 aromatic carbocycles. The van der Waals surface area contributed by atoms with Crippen LogP contribution in [0.1, 0.15) is 30.5 Å². The number of benzene rings is 2. The number of amides is 2. The van der Waals surface area contributed by atoms with Crippen molar-refractivity contribution >= 4 is 22.7 Å². The minimum Gasteiger partial charge on any atom is -0.353 e. The Bertz CT molecular complexity index is 1020. The number of carbonyl (C=O) groups excluding carboxylic acids is 2. The maximum Gasteiger partial charge on any atom is 0.242 e. The molecule has 30 heavy (non-hydrogen) atoms. The fraction of sp³-hybridized carbons (Fsp3) is 0.360. The molecule has 0 atom stereocenters. The van der Waals surface area contributed by atoms with E-state index < -0.39 is 0 Å². The molecular weight excluding hydrogens is 374 g/mol. The van der Waals surface area contributed by atoms with E-state index in [1.54, 1.807) is 0 Å². The Morgan fingerprint density at radius 1 is 1.00 bits per heavy atom. The Morgan fingerprint density at radius 3 is 2.47 bits per heavy atom. The van der Waals surface area contributed by atoms with Gasteiger partial charge in [-0.05, 0) is 49.3 Å². The van der Waals surface area contributed by atoms with Crippen LogP contribution in [0.25, 0.3) is 10.9 Å². The van der Waals surface area contributed by atoms with Crippen molar-refractivity contribution in [2.24, 2.45) is 0 Å². The number of likely N-dealkylation sites (tertiary alicyclic amines) is 1. The predicted octanol–water partition coefficient (Wildman–Crippen LogP) is 3.69. The van der Waals surface area contributed by atoms with Crippen molar-refractivity contribution in [3.63, 3.8) is 0 Å². The summed E-state index contributed by atoms with van der Waals surface area (Å²) >= 11 is 0. The van der Waals surface area contributed by atoms with Crippen molar-refractivity contribution in [3.8, 4) is 0 Å². The molecule has 1 saturated heterocycles. The highest BCUT2D eigenvalue weighted by Gasteiger charge is 2.24. The number of hydrogen-bond donors (Lipinski definition) is 1. The second-order valence-electron chi connectivity index (χ2n) is 8.14. The van der Waals surface area contributed by atoms with Gasteiger partial charge in [0.2, 0.25) is 11.8 Å². The highest BCUT2D eigenvalue weighted by molar-refractivity contribution is 5.84. The van der Waals surface area contributed by atoms with Crippen LogP contribution in [0.2, 0.25) is 0 Å². The first-order valence-corrected chi connectivity index (χ1v) is 10.8. The zero-order valence-electron chi connectivity index (χ0n) is 17.5. The summed E-state index contributed by atoms with van der Waals surface area (Å²) in [6.07, 6.45) is 2.89. The van der Waals surface area contributed by atoms with Crippen LogP contribution in [0.5, 0.6) is 0 Å². The molecule has 1 aliphatic heterocycles. The van der Waals surface area contributed by atoms with Crippen LogP contribution in [0.15, 0.2) is 60.7 Å². The van der Waals surface area contributed by atoms with Crippen LogP contribution < -0.4 is 5.32 Å². The molecule has 1 N–H and O–H groups in total. The van der Waals surface area contributed by atoms with Crippen molar-refractivity contribution in [2.75, 3.05) is 13.1 Å². The molecule has 1 aliphatic rings. The maximum atomic E-state index is 12.9. The van der Waals surface area contributed by atoms with E-state index in [4.69, 9.17) is 0 Å². The number of aryl methyl sites for hydroxylation is 2. The Hall–Kier alpha value is -3.08. The SMILES string of the molecule is Cc1cc2ccccc2n1CC(=O)N1CCC(NC(=O)CCc2ccccc2)CC1. The fourth-order valence-electron chi connectivity index (χ4n) is 4.27. The van der Waals surface area contributed by atoms with Gasteiger partial charge in [0.05, 0.1) is 0 Å². The third-order valence-electron chi connectivity index (χ3n) is 6.01. The summed E-state index contributed by atoms with van der Waals surface area (Å²) in [4.78, 5) is 27.1. The lowest BCUT2D eigenvalue weighted by molar-refractivity contribution is -0.133. The van der Waals surface area contributed by atoms with Crippen molar-refractivity contribution in [1.29, 1.82) is 0 Å². The largest absolute Gasteiger partial charge is 0.353 e. The molecule has 156 valence electrons. The number of nitrogens with one attached hydrogen (secondary N) is 1. The number of para-hydroxylation sites is 1. The molecule has 1 fully saturated rings. The van der Waals surface area contributed by atoms with E-state index in [1.807, 2.05) is 54.3 Å². The molecule has 4 rings (SSSR count). The van der Waals surface area contributed by atoms with Crippen LogP contribution in [0.4, 0.5) is 0 Å². The number of hydrogen-bond acceptors (Lipinski definition) is 2. The molecule has 0 spiro atoms. The van der Waals surface area contributed by atoms with Gasteiger partial charge < -0.3 is 14.8 Å². The van der Waals surface area contributed by atoms with Crippen LogP contribution in [-0.2, 0) is 22.6 Å². The minimum absolute atomic E-state index is 0.0954. The summed E-state index contributed by atoms with van der Waals surface area (Å²) in [6.45, 7) is 3.80. The molecule has 1 aromatic heterocycles. The van der Waals surface area contributed by atoms with Crippen LogP contribution >= 0.6 is 0 Å². The average Bonchev–Trinajstić information content (AvgIpc) is 3.08. The zero-order valence-corrected chi connectivity index (χ0v) is 17.5. The molecule has 0 unspecified atom stereocenters. The van der Waals surface area contributed by atoms with Gasteiger partial charge in [0, 0.05) is 36.8 Å². The van der Waals surface area contributed by atoms with Gasteiger partial charge >= 0.3 is 0 Å². The molecule has 2 heterocycles. The number of aromatic nitrogens is 1. The summed E-state index contributed by atoms with van der Waals surface area (Å²) in [5, 5.41) is 4.31. The van der Waals surface area contributed by atoms with E-state index in [-0.39, 0.29) is 17.9 Å². The van der Waals surface area contributed by atoms with Gasteiger partial charge in [-0.1, -0.05) is 48.5 Å². The predicted molar refractivity (Wildman–Crippen MR) is 119 cm³/mol. The van der Waals surface area contributed by atoms with E-state index in [1.165, 1.54) is 10.9 Å². The van der Waals surface area contributed by atoms with Crippen molar-refractivity contribution in [3.05, 3.63) is 71.9 Å². The minimum atomic E-state index is 0.0954. The van der Waals surface area contributed by atoms with Crippen molar-refractivity contribution in [2.45, 2.75) is 45.2 Å². The van der Waals surface area contributed by atoms with E-state index in [0.29, 0.717) is 26.1 Å². The first kappa shape index (κ1) is 20.2. The summed E-state index contributed by atoms with van der Waals surface area (Å²) in [5.74, 6) is 0.242. The maximum absolute atomic E-state index is 12.9. The zero-order chi connectivity index (χ0) is 20.9. The van der Waals surface area contributed by atoms with E-state index in [9.17, 15) is 9.59 Å². The lowest BCUT2D eigenvalue weighted by Crippen LogP contribution is -2.47. The van der Waals surface area contributed by atoms with Crippen molar-refractivity contribution in [1.82, 2.24) is 14.8 Å². The average molecular weight is 404 g/mol. The van der Waals surface area contributed by atoms with Gasteiger partial charge in [0.25, 0.3) is 0 Å². The second kappa shape index (κ2) is 9.16. The third-order valence-corrected chi connectivity index (χ3v) is 6.01. The number of rotatable bonds is 6. The Balaban J connectivity index is 1.25. The Kier molecular flexibility index (Phi) is 6.17. The van der Waals surface area contributed by atoms with Gasteiger partial charge in [-0.15, -0.1) is 0 Å². The first-order valence-electron chi connectivity index (χ1n) is 10.8. The van der Waals surface area contributed by atoms with Gasteiger partial charge in [-0.25, -0.2) is 0 Å². The van der Waals surface area contributed by atoms with Gasteiger partial charge in [-0.2, -0.15) is 0 Å². The molecular formula is C25H29N3O2. The quantitative estimate of drug-likeness (QED) is 0.682. The third kappa shape index (κ3) is 4.73. The van der Waals surface area contributed by atoms with Gasteiger partial charge in [-0.3, -0.25) is 9.59 Å². The number of nitrogens with zero attached hydrogens (tertiary/aromatic N) is 2. The summed E-state index contributed by atoms with van der Waals surface area (Å²) in [6, 6.07) is 20.5. The van der Waals surface area contributed by atoms with Crippen LogP contribution in [0.3, 0.4) is 0 Å². The number of piperidine rings is 1. The summed E-state index contributed by atoms with van der Waals surface area (Å²) in [7, 11) is 0. The Labute approximate surface area is 177 Å². The summed E-state index contributed by atoms with van der Waals surface area (Å²) < 4.78 is 2.09. The van der Waals surface area contributed by atoms with E-state index >= 15 is 0 Å². The van der Waals surface area contributed by atoms with Crippen LogP contribution in [-0.4, -0.2) is 40.4 Å². The highest BCUT2D eigenvalue weighted by atomic mass is 16.2. The topological polar surface area (TPSA) is 54.3 Å². The van der Waals surface area contributed by atoms with E-state index in [2.05, 4.69) is 28.1 Å².